The van der Waals surface area contributed by atoms with E-state index in [-0.39, 0.29) is 29.3 Å². The molecule has 0 unspecified atom stereocenters. The minimum Gasteiger partial charge on any atom is -0.449 e. The van der Waals surface area contributed by atoms with Crippen LogP contribution in [0.3, 0.4) is 0 Å². The fourth-order valence-corrected chi connectivity index (χ4v) is 2.97. The van der Waals surface area contributed by atoms with Crippen molar-refractivity contribution in [3.8, 4) is 0 Å². The summed E-state index contributed by atoms with van der Waals surface area (Å²) in [6, 6.07) is 6.15. The molecule has 0 atom stereocenters. The molecule has 170 valence electrons. The summed E-state index contributed by atoms with van der Waals surface area (Å²) >= 11 is 5.89. The number of hydrogen-bond donors (Lipinski definition) is 4. The van der Waals surface area contributed by atoms with Crippen LogP contribution in [0.2, 0.25) is 5.28 Å². The van der Waals surface area contributed by atoms with E-state index in [0.717, 1.165) is 24.8 Å². The number of hydrogen-bond acceptors (Lipinski definition) is 5. The van der Waals surface area contributed by atoms with Gasteiger partial charge in [-0.05, 0) is 42.1 Å². The second kappa shape index (κ2) is 13.5. The van der Waals surface area contributed by atoms with Crippen LogP contribution in [-0.4, -0.2) is 48.2 Å². The van der Waals surface area contributed by atoms with Gasteiger partial charge < -0.3 is 25.7 Å². The van der Waals surface area contributed by atoms with Crippen LogP contribution in [0.4, 0.5) is 15.0 Å². The number of nitrogens with one attached hydrogen (secondary N) is 4. The fraction of sp³-hybridized carbons (Fsp3) is 0.476. The number of anilines is 1. The summed E-state index contributed by atoms with van der Waals surface area (Å²) in [7, 11) is 0. The first-order chi connectivity index (χ1) is 15.0. The molecular formula is C21H29ClFN5O3. The first-order valence-electron chi connectivity index (χ1n) is 10.4. The molecule has 0 fully saturated rings. The molecule has 0 aliphatic carbocycles. The van der Waals surface area contributed by atoms with Crippen molar-refractivity contribution in [3.63, 3.8) is 0 Å². The number of carbonyl (C=O) groups excluding carboxylic acids is 2. The number of unbranched alkanes of at least 4 members (excludes halogenated alkanes) is 2. The monoisotopic (exact) mass is 453 g/mol. The van der Waals surface area contributed by atoms with Gasteiger partial charge in [0.1, 0.15) is 11.5 Å². The maximum absolute atomic E-state index is 13.1. The second-order valence-corrected chi connectivity index (χ2v) is 7.30. The Morgan fingerprint density at radius 1 is 1.16 bits per heavy atom. The molecule has 1 aromatic carbocycles. The topological polar surface area (TPSA) is 108 Å². The van der Waals surface area contributed by atoms with Gasteiger partial charge in [-0.3, -0.25) is 4.79 Å². The Labute approximate surface area is 186 Å². The number of aromatic nitrogens is 2. The van der Waals surface area contributed by atoms with Gasteiger partial charge in [0.05, 0.1) is 6.61 Å². The Bertz CT molecular complexity index is 846. The Kier molecular flexibility index (Phi) is 10.6. The molecule has 0 aliphatic rings. The molecule has 4 N–H and O–H groups in total. The van der Waals surface area contributed by atoms with Crippen molar-refractivity contribution in [2.75, 3.05) is 31.6 Å². The van der Waals surface area contributed by atoms with E-state index < -0.39 is 6.09 Å². The standard InChI is InChI=1S/C21H29ClFN5O3/c1-2-3-4-10-24-18-17(27-20(22)28-18)19(29)25-11-6-12-26-21(30)31-13-9-15-7-5-8-16(23)14-15/h5,7-8,14,24H,2-4,6,9-13H2,1H3,(H,25,29)(H,26,30)(H,27,28). The van der Waals surface area contributed by atoms with Crippen LogP contribution in [0, 0.1) is 5.82 Å². The van der Waals surface area contributed by atoms with Gasteiger partial charge >= 0.3 is 6.09 Å². The summed E-state index contributed by atoms with van der Waals surface area (Å²) in [5.41, 5.74) is 1.04. The maximum atomic E-state index is 13.1. The Morgan fingerprint density at radius 2 is 1.97 bits per heavy atom. The number of ether oxygens (including phenoxy) is 1. The second-order valence-electron chi connectivity index (χ2n) is 6.94. The first-order valence-corrected chi connectivity index (χ1v) is 10.8. The molecular weight excluding hydrogens is 425 g/mol. The third-order valence-corrected chi connectivity index (χ3v) is 4.58. The van der Waals surface area contributed by atoms with E-state index in [1.807, 2.05) is 0 Å². The van der Waals surface area contributed by atoms with Gasteiger partial charge in [-0.25, -0.2) is 14.2 Å². The minimum atomic E-state index is -0.554. The number of aromatic amines is 1. The number of rotatable bonds is 13. The number of H-pyrrole nitrogens is 1. The van der Waals surface area contributed by atoms with Gasteiger partial charge in [0, 0.05) is 26.1 Å². The van der Waals surface area contributed by atoms with E-state index in [9.17, 15) is 14.0 Å². The Hall–Kier alpha value is -2.81. The van der Waals surface area contributed by atoms with Gasteiger partial charge in [-0.15, -0.1) is 0 Å². The zero-order valence-corrected chi connectivity index (χ0v) is 18.4. The highest BCUT2D eigenvalue weighted by molar-refractivity contribution is 6.28. The average molecular weight is 454 g/mol. The lowest BCUT2D eigenvalue weighted by atomic mass is 10.2. The first kappa shape index (κ1) is 24.5. The van der Waals surface area contributed by atoms with Crippen molar-refractivity contribution >= 4 is 29.4 Å². The predicted molar refractivity (Wildman–Crippen MR) is 118 cm³/mol. The number of halogens is 2. The average Bonchev–Trinajstić information content (AvgIpc) is 3.11. The third kappa shape index (κ3) is 9.25. The summed E-state index contributed by atoms with van der Waals surface area (Å²) in [4.78, 5) is 30.9. The number of nitrogens with zero attached hydrogens (tertiary/aromatic N) is 1. The van der Waals surface area contributed by atoms with Crippen LogP contribution in [0.5, 0.6) is 0 Å². The molecule has 2 rings (SSSR count). The molecule has 0 radical (unpaired) electrons. The smallest absolute Gasteiger partial charge is 0.407 e. The van der Waals surface area contributed by atoms with Crippen LogP contribution in [-0.2, 0) is 11.2 Å². The van der Waals surface area contributed by atoms with Gasteiger partial charge in [0.15, 0.2) is 5.82 Å². The van der Waals surface area contributed by atoms with E-state index in [1.165, 1.54) is 12.1 Å². The van der Waals surface area contributed by atoms with E-state index in [0.29, 0.717) is 38.3 Å². The van der Waals surface area contributed by atoms with E-state index in [2.05, 4.69) is 32.8 Å². The molecule has 10 heteroatoms. The van der Waals surface area contributed by atoms with Gasteiger partial charge in [0.2, 0.25) is 5.28 Å². The maximum Gasteiger partial charge on any atom is 0.407 e. The minimum absolute atomic E-state index is 0.144. The van der Waals surface area contributed by atoms with Crippen molar-refractivity contribution < 1.29 is 18.7 Å². The highest BCUT2D eigenvalue weighted by atomic mass is 35.5. The van der Waals surface area contributed by atoms with Crippen molar-refractivity contribution in [1.82, 2.24) is 20.6 Å². The Morgan fingerprint density at radius 3 is 2.74 bits per heavy atom. The molecule has 2 amide bonds. The molecule has 0 saturated carbocycles. The van der Waals surface area contributed by atoms with Crippen LogP contribution < -0.4 is 16.0 Å². The van der Waals surface area contributed by atoms with E-state index in [4.69, 9.17) is 16.3 Å². The zero-order chi connectivity index (χ0) is 22.5. The quantitative estimate of drug-likeness (QED) is 0.344. The normalized spacial score (nSPS) is 10.5. The molecule has 0 aliphatic heterocycles. The van der Waals surface area contributed by atoms with Crippen LogP contribution in [0.1, 0.15) is 48.7 Å². The lowest BCUT2D eigenvalue weighted by molar-refractivity contribution is 0.0949. The molecule has 31 heavy (non-hydrogen) atoms. The number of amides is 2. The van der Waals surface area contributed by atoms with Crippen LogP contribution >= 0.6 is 11.6 Å². The molecule has 0 bridgehead atoms. The van der Waals surface area contributed by atoms with Gasteiger partial charge in [-0.2, -0.15) is 0 Å². The van der Waals surface area contributed by atoms with E-state index >= 15 is 0 Å². The Balaban J connectivity index is 1.60. The highest BCUT2D eigenvalue weighted by Gasteiger charge is 2.16. The SMILES string of the molecule is CCCCCNc1nc(Cl)[nH]c1C(=O)NCCCNC(=O)OCCc1cccc(F)c1. The molecule has 2 aromatic rings. The largest absolute Gasteiger partial charge is 0.449 e. The third-order valence-electron chi connectivity index (χ3n) is 4.40. The number of imidazole rings is 1. The highest BCUT2D eigenvalue weighted by Crippen LogP contribution is 2.16. The molecule has 1 heterocycles. The van der Waals surface area contributed by atoms with Crippen molar-refractivity contribution in [1.29, 1.82) is 0 Å². The molecule has 8 nitrogen and oxygen atoms in total. The molecule has 1 aromatic heterocycles. The lowest BCUT2D eigenvalue weighted by Crippen LogP contribution is -2.31. The number of alkyl carbamates (subject to hydrolysis) is 1. The van der Waals surface area contributed by atoms with Crippen molar-refractivity contribution in [3.05, 3.63) is 46.6 Å². The summed E-state index contributed by atoms with van der Waals surface area (Å²) < 4.78 is 18.2. The zero-order valence-electron chi connectivity index (χ0n) is 17.6. The van der Waals surface area contributed by atoms with Crippen molar-refractivity contribution in [2.24, 2.45) is 0 Å². The van der Waals surface area contributed by atoms with Gasteiger partial charge in [0.25, 0.3) is 5.91 Å². The predicted octanol–water partition coefficient (Wildman–Crippen LogP) is 3.89. The van der Waals surface area contributed by atoms with Gasteiger partial charge in [-0.1, -0.05) is 31.9 Å². The van der Waals surface area contributed by atoms with Crippen LogP contribution in [0.15, 0.2) is 24.3 Å². The van der Waals surface area contributed by atoms with E-state index in [1.54, 1.807) is 12.1 Å². The molecule has 0 spiro atoms. The fourth-order valence-electron chi connectivity index (χ4n) is 2.79. The van der Waals surface area contributed by atoms with Crippen molar-refractivity contribution in [2.45, 2.75) is 39.0 Å². The van der Waals surface area contributed by atoms with Crippen LogP contribution in [0.25, 0.3) is 0 Å². The summed E-state index contributed by atoms with van der Waals surface area (Å²) in [6.07, 6.45) is 3.57. The molecule has 0 saturated heterocycles. The summed E-state index contributed by atoms with van der Waals surface area (Å²) in [5, 5.41) is 8.63. The lowest BCUT2D eigenvalue weighted by Gasteiger charge is -2.09. The number of carbonyl (C=O) groups is 2. The number of benzene rings is 1. The summed E-state index contributed by atoms with van der Waals surface area (Å²) in [5.74, 6) is -0.213. The summed E-state index contributed by atoms with van der Waals surface area (Å²) in [6.45, 7) is 3.67.